The third-order valence-corrected chi connectivity index (χ3v) is 6.09. The normalized spacial score (nSPS) is 13.9. The molecule has 0 unspecified atom stereocenters. The van der Waals surface area contributed by atoms with E-state index in [1.165, 1.54) is 0 Å². The molecule has 0 spiro atoms. The molecule has 0 radical (unpaired) electrons. The van der Waals surface area contributed by atoms with E-state index in [0.717, 1.165) is 35.7 Å². The highest BCUT2D eigenvalue weighted by atomic mass is 16.5. The van der Waals surface area contributed by atoms with Crippen molar-refractivity contribution in [2.75, 3.05) is 47.4 Å². The SMILES string of the molecule is COc1ccc(COc2ccc(C(=O)N3CCN(C)CC3)cc2OCc2ccc(OC)cc2)cc1. The Morgan fingerprint density at radius 3 is 1.74 bits per heavy atom. The van der Waals surface area contributed by atoms with Crippen LogP contribution in [0.5, 0.6) is 23.0 Å². The Morgan fingerprint density at radius 1 is 0.714 bits per heavy atom. The fourth-order valence-electron chi connectivity index (χ4n) is 3.83. The van der Waals surface area contributed by atoms with E-state index in [4.69, 9.17) is 18.9 Å². The van der Waals surface area contributed by atoms with Gasteiger partial charge in [0.25, 0.3) is 5.91 Å². The van der Waals surface area contributed by atoms with E-state index in [-0.39, 0.29) is 5.91 Å². The predicted octanol–water partition coefficient (Wildman–Crippen LogP) is 4.25. The Balaban J connectivity index is 1.51. The predicted molar refractivity (Wildman–Crippen MR) is 134 cm³/mol. The molecule has 7 nitrogen and oxygen atoms in total. The number of carbonyl (C=O) groups is 1. The molecule has 1 saturated heterocycles. The van der Waals surface area contributed by atoms with Gasteiger partial charge in [0.15, 0.2) is 11.5 Å². The van der Waals surface area contributed by atoms with Crippen LogP contribution < -0.4 is 18.9 Å². The smallest absolute Gasteiger partial charge is 0.254 e. The summed E-state index contributed by atoms with van der Waals surface area (Å²) in [6, 6.07) is 20.8. The van der Waals surface area contributed by atoms with Crippen LogP contribution in [0.3, 0.4) is 0 Å². The van der Waals surface area contributed by atoms with Crippen molar-refractivity contribution in [3.05, 3.63) is 83.4 Å². The fraction of sp³-hybridized carbons (Fsp3) is 0.321. The average molecular weight is 477 g/mol. The summed E-state index contributed by atoms with van der Waals surface area (Å²) < 4.78 is 22.7. The number of nitrogens with zero attached hydrogens (tertiary/aromatic N) is 2. The molecule has 35 heavy (non-hydrogen) atoms. The Labute approximate surface area is 206 Å². The monoisotopic (exact) mass is 476 g/mol. The van der Waals surface area contributed by atoms with Crippen LogP contribution in [0.15, 0.2) is 66.7 Å². The van der Waals surface area contributed by atoms with Crippen LogP contribution >= 0.6 is 0 Å². The van der Waals surface area contributed by atoms with Crippen molar-refractivity contribution in [2.24, 2.45) is 0 Å². The van der Waals surface area contributed by atoms with E-state index in [9.17, 15) is 4.79 Å². The lowest BCUT2D eigenvalue weighted by Gasteiger charge is -2.32. The number of likely N-dealkylation sites (N-methyl/N-ethyl adjacent to an activating group) is 1. The minimum atomic E-state index is 0.00843. The van der Waals surface area contributed by atoms with Crippen molar-refractivity contribution >= 4 is 5.91 Å². The second kappa shape index (κ2) is 11.6. The van der Waals surface area contributed by atoms with E-state index in [2.05, 4.69) is 11.9 Å². The summed E-state index contributed by atoms with van der Waals surface area (Å²) in [5, 5.41) is 0. The maximum Gasteiger partial charge on any atom is 0.254 e. The summed E-state index contributed by atoms with van der Waals surface area (Å²) in [6.07, 6.45) is 0. The van der Waals surface area contributed by atoms with Gasteiger partial charge in [0, 0.05) is 31.7 Å². The van der Waals surface area contributed by atoms with Crippen molar-refractivity contribution in [1.82, 2.24) is 9.80 Å². The zero-order chi connectivity index (χ0) is 24.6. The zero-order valence-electron chi connectivity index (χ0n) is 20.5. The molecule has 0 N–H and O–H groups in total. The van der Waals surface area contributed by atoms with Gasteiger partial charge >= 0.3 is 0 Å². The van der Waals surface area contributed by atoms with Crippen molar-refractivity contribution in [3.63, 3.8) is 0 Å². The molecule has 0 saturated carbocycles. The molecule has 7 heteroatoms. The molecule has 0 atom stereocenters. The van der Waals surface area contributed by atoms with Crippen molar-refractivity contribution in [2.45, 2.75) is 13.2 Å². The maximum atomic E-state index is 13.1. The lowest BCUT2D eigenvalue weighted by Crippen LogP contribution is -2.47. The topological polar surface area (TPSA) is 60.5 Å². The minimum absolute atomic E-state index is 0.00843. The highest BCUT2D eigenvalue weighted by Crippen LogP contribution is 2.31. The van der Waals surface area contributed by atoms with Gasteiger partial charge in [-0.1, -0.05) is 24.3 Å². The Kier molecular flexibility index (Phi) is 8.11. The largest absolute Gasteiger partial charge is 0.497 e. The van der Waals surface area contributed by atoms with Crippen LogP contribution in [0.1, 0.15) is 21.5 Å². The molecule has 1 heterocycles. The van der Waals surface area contributed by atoms with Gasteiger partial charge in [-0.25, -0.2) is 0 Å². The quantitative estimate of drug-likeness (QED) is 0.460. The summed E-state index contributed by atoms with van der Waals surface area (Å²) in [5.41, 5.74) is 2.59. The standard InChI is InChI=1S/C28H32N2O5/c1-29-14-16-30(17-15-29)28(31)23-8-13-26(34-19-21-4-9-24(32-2)10-5-21)27(18-23)35-20-22-6-11-25(33-3)12-7-22/h4-13,18H,14-17,19-20H2,1-3H3. The van der Waals surface area contributed by atoms with E-state index in [1.807, 2.05) is 65.6 Å². The molecule has 1 aliphatic rings. The lowest BCUT2D eigenvalue weighted by molar-refractivity contribution is 0.0663. The van der Waals surface area contributed by atoms with Gasteiger partial charge < -0.3 is 28.7 Å². The van der Waals surface area contributed by atoms with Gasteiger partial charge in [-0.05, 0) is 60.6 Å². The van der Waals surface area contributed by atoms with Crippen LogP contribution in [-0.4, -0.2) is 63.2 Å². The number of piperazine rings is 1. The van der Waals surface area contributed by atoms with E-state index >= 15 is 0 Å². The second-order valence-corrected chi connectivity index (χ2v) is 8.53. The summed E-state index contributed by atoms with van der Waals surface area (Å²) in [4.78, 5) is 17.3. The molecule has 184 valence electrons. The van der Waals surface area contributed by atoms with E-state index in [1.54, 1.807) is 20.3 Å². The van der Waals surface area contributed by atoms with Gasteiger partial charge in [0.2, 0.25) is 0 Å². The first kappa shape index (κ1) is 24.4. The number of rotatable bonds is 9. The number of methoxy groups -OCH3 is 2. The highest BCUT2D eigenvalue weighted by Gasteiger charge is 2.22. The Hall–Kier alpha value is -3.71. The molecule has 4 rings (SSSR count). The van der Waals surface area contributed by atoms with Crippen LogP contribution in [-0.2, 0) is 13.2 Å². The third kappa shape index (κ3) is 6.45. The number of benzene rings is 3. The fourth-order valence-corrected chi connectivity index (χ4v) is 3.83. The van der Waals surface area contributed by atoms with Gasteiger partial charge in [-0.2, -0.15) is 0 Å². The number of amides is 1. The van der Waals surface area contributed by atoms with Gasteiger partial charge in [-0.15, -0.1) is 0 Å². The van der Waals surface area contributed by atoms with Crippen LogP contribution in [0.25, 0.3) is 0 Å². The molecule has 1 aliphatic heterocycles. The molecule has 3 aromatic rings. The third-order valence-electron chi connectivity index (χ3n) is 6.09. The molecule has 0 aromatic heterocycles. The highest BCUT2D eigenvalue weighted by molar-refractivity contribution is 5.95. The number of hydrogen-bond donors (Lipinski definition) is 0. The van der Waals surface area contributed by atoms with E-state index < -0.39 is 0 Å². The first-order chi connectivity index (χ1) is 17.1. The van der Waals surface area contributed by atoms with E-state index in [0.29, 0.717) is 43.4 Å². The summed E-state index contributed by atoms with van der Waals surface area (Å²) >= 11 is 0. The van der Waals surface area contributed by atoms with Crippen LogP contribution in [0.2, 0.25) is 0 Å². The number of hydrogen-bond acceptors (Lipinski definition) is 6. The first-order valence-corrected chi connectivity index (χ1v) is 11.7. The van der Waals surface area contributed by atoms with Crippen molar-refractivity contribution in [3.8, 4) is 23.0 Å². The molecule has 0 aliphatic carbocycles. The number of carbonyl (C=O) groups excluding carboxylic acids is 1. The van der Waals surface area contributed by atoms with Crippen LogP contribution in [0, 0.1) is 0 Å². The molecular formula is C28H32N2O5. The molecular weight excluding hydrogens is 444 g/mol. The second-order valence-electron chi connectivity index (χ2n) is 8.53. The summed E-state index contributed by atoms with van der Waals surface area (Å²) in [5.74, 6) is 2.72. The first-order valence-electron chi connectivity index (χ1n) is 11.7. The average Bonchev–Trinajstić information content (AvgIpc) is 2.91. The van der Waals surface area contributed by atoms with Crippen LogP contribution in [0.4, 0.5) is 0 Å². The molecule has 0 bridgehead atoms. The maximum absolute atomic E-state index is 13.1. The number of ether oxygens (including phenoxy) is 4. The molecule has 3 aromatic carbocycles. The Bertz CT molecular complexity index is 1110. The van der Waals surface area contributed by atoms with Gasteiger partial charge in [0.05, 0.1) is 14.2 Å². The zero-order valence-corrected chi connectivity index (χ0v) is 20.5. The Morgan fingerprint density at radius 2 is 1.23 bits per heavy atom. The molecule has 1 amide bonds. The lowest BCUT2D eigenvalue weighted by atomic mass is 10.1. The van der Waals surface area contributed by atoms with Crippen molar-refractivity contribution in [1.29, 1.82) is 0 Å². The molecule has 1 fully saturated rings. The van der Waals surface area contributed by atoms with Crippen molar-refractivity contribution < 1.29 is 23.7 Å². The van der Waals surface area contributed by atoms with Gasteiger partial charge in [0.1, 0.15) is 24.7 Å². The summed E-state index contributed by atoms with van der Waals surface area (Å²) in [6.45, 7) is 3.88. The summed E-state index contributed by atoms with van der Waals surface area (Å²) in [7, 11) is 5.35. The minimum Gasteiger partial charge on any atom is -0.497 e. The van der Waals surface area contributed by atoms with Gasteiger partial charge in [-0.3, -0.25) is 4.79 Å².